The van der Waals surface area contributed by atoms with Crippen molar-refractivity contribution < 1.29 is 5.11 Å². The molecule has 0 unspecified atom stereocenters. The molecular formula is C10H13NO2. The summed E-state index contributed by atoms with van der Waals surface area (Å²) >= 11 is 0. The molecule has 1 aromatic rings. The molecule has 1 rings (SSSR count). The van der Waals surface area contributed by atoms with Gasteiger partial charge in [0.2, 0.25) is 0 Å². The van der Waals surface area contributed by atoms with E-state index < -0.39 is 0 Å². The van der Waals surface area contributed by atoms with Gasteiger partial charge in [-0.15, -0.1) is 4.91 Å². The van der Waals surface area contributed by atoms with Gasteiger partial charge >= 0.3 is 0 Å². The van der Waals surface area contributed by atoms with Crippen LogP contribution in [-0.2, 0) is 0 Å². The third kappa shape index (κ3) is 1.69. The third-order valence-electron chi connectivity index (χ3n) is 2.14. The van der Waals surface area contributed by atoms with Crippen LogP contribution in [0.3, 0.4) is 0 Å². The first-order valence-electron chi connectivity index (χ1n) is 4.23. The van der Waals surface area contributed by atoms with Crippen molar-refractivity contribution >= 4 is 5.69 Å². The normalized spacial score (nSPS) is 10.5. The molecule has 3 nitrogen and oxygen atoms in total. The van der Waals surface area contributed by atoms with Crippen molar-refractivity contribution in [2.45, 2.75) is 26.7 Å². The minimum absolute atomic E-state index is 0.196. The number of benzene rings is 1. The van der Waals surface area contributed by atoms with Crippen molar-refractivity contribution in [3.63, 3.8) is 0 Å². The maximum atomic E-state index is 10.4. The highest BCUT2D eigenvalue weighted by molar-refractivity contribution is 5.55. The Bertz CT molecular complexity index is 332. The van der Waals surface area contributed by atoms with Crippen LogP contribution >= 0.6 is 0 Å². The van der Waals surface area contributed by atoms with Gasteiger partial charge in [0.15, 0.2) is 0 Å². The van der Waals surface area contributed by atoms with Gasteiger partial charge in [-0.25, -0.2) is 0 Å². The predicted octanol–water partition coefficient (Wildman–Crippen LogP) is 3.22. The highest BCUT2D eigenvalue weighted by Crippen LogP contribution is 2.34. The van der Waals surface area contributed by atoms with Crippen molar-refractivity contribution in [1.29, 1.82) is 0 Å². The lowest BCUT2D eigenvalue weighted by atomic mass is 9.96. The van der Waals surface area contributed by atoms with Crippen molar-refractivity contribution in [2.24, 2.45) is 5.18 Å². The predicted molar refractivity (Wildman–Crippen MR) is 52.4 cm³/mol. The third-order valence-corrected chi connectivity index (χ3v) is 2.14. The molecule has 0 aliphatic carbocycles. The zero-order valence-electron chi connectivity index (χ0n) is 8.03. The smallest absolute Gasteiger partial charge is 0.119 e. The minimum Gasteiger partial charge on any atom is -0.508 e. The van der Waals surface area contributed by atoms with Crippen LogP contribution < -0.4 is 0 Å². The average Bonchev–Trinajstić information content (AvgIpc) is 2.04. The van der Waals surface area contributed by atoms with Gasteiger partial charge in [0, 0.05) is 5.56 Å². The quantitative estimate of drug-likeness (QED) is 0.708. The van der Waals surface area contributed by atoms with Crippen molar-refractivity contribution in [1.82, 2.24) is 0 Å². The number of hydrogen-bond donors (Lipinski definition) is 1. The van der Waals surface area contributed by atoms with Crippen molar-refractivity contribution in [2.75, 3.05) is 0 Å². The summed E-state index contributed by atoms with van der Waals surface area (Å²) in [7, 11) is 0. The van der Waals surface area contributed by atoms with Gasteiger partial charge in [0.05, 0.1) is 0 Å². The maximum absolute atomic E-state index is 10.4. The van der Waals surface area contributed by atoms with Crippen LogP contribution in [0.15, 0.2) is 17.3 Å². The molecule has 0 aliphatic heterocycles. The molecule has 0 radical (unpaired) electrons. The fourth-order valence-electron chi connectivity index (χ4n) is 1.53. The Morgan fingerprint density at radius 2 is 2.00 bits per heavy atom. The van der Waals surface area contributed by atoms with E-state index in [4.69, 9.17) is 0 Å². The molecular weight excluding hydrogens is 166 g/mol. The average molecular weight is 179 g/mol. The second-order valence-corrected chi connectivity index (χ2v) is 3.39. The molecule has 13 heavy (non-hydrogen) atoms. The summed E-state index contributed by atoms with van der Waals surface area (Å²) in [4.78, 5) is 10.4. The standard InChI is InChI=1S/C10H13NO2/c1-6(2)10-7(3)8(11-13)4-5-9(10)12/h4-6,12H,1-3H3. The molecule has 0 heterocycles. The van der Waals surface area contributed by atoms with Gasteiger partial charge in [-0.2, -0.15) is 0 Å². The van der Waals surface area contributed by atoms with Crippen LogP contribution in [0, 0.1) is 11.8 Å². The van der Waals surface area contributed by atoms with Gasteiger partial charge in [0.25, 0.3) is 0 Å². The van der Waals surface area contributed by atoms with Crippen molar-refractivity contribution in [3.8, 4) is 5.75 Å². The van der Waals surface area contributed by atoms with Crippen molar-refractivity contribution in [3.05, 3.63) is 28.2 Å². The molecule has 1 aromatic carbocycles. The lowest BCUT2D eigenvalue weighted by Gasteiger charge is -2.12. The number of nitroso groups, excluding NO2 is 1. The monoisotopic (exact) mass is 179 g/mol. The molecule has 70 valence electrons. The zero-order valence-corrected chi connectivity index (χ0v) is 8.03. The first-order chi connectivity index (χ1) is 6.07. The lowest BCUT2D eigenvalue weighted by molar-refractivity contribution is 0.464. The Labute approximate surface area is 77.4 Å². The van der Waals surface area contributed by atoms with E-state index in [2.05, 4.69) is 5.18 Å². The largest absolute Gasteiger partial charge is 0.508 e. The Morgan fingerprint density at radius 3 is 2.46 bits per heavy atom. The van der Waals surface area contributed by atoms with E-state index >= 15 is 0 Å². The molecule has 0 saturated carbocycles. The number of aromatic hydroxyl groups is 1. The highest BCUT2D eigenvalue weighted by atomic mass is 16.3. The maximum Gasteiger partial charge on any atom is 0.119 e. The number of phenolic OH excluding ortho intramolecular Hbond substituents is 1. The van der Waals surface area contributed by atoms with Gasteiger partial charge < -0.3 is 5.11 Å². The fraction of sp³-hybridized carbons (Fsp3) is 0.400. The summed E-state index contributed by atoms with van der Waals surface area (Å²) in [5, 5.41) is 12.4. The molecule has 1 N–H and O–H groups in total. The van der Waals surface area contributed by atoms with Gasteiger partial charge in [-0.05, 0) is 35.7 Å². The number of phenols is 1. The zero-order chi connectivity index (χ0) is 10.0. The van der Waals surface area contributed by atoms with Crippen LogP contribution in [0.5, 0.6) is 5.75 Å². The Kier molecular flexibility index (Phi) is 2.66. The second kappa shape index (κ2) is 3.56. The van der Waals surface area contributed by atoms with Crippen LogP contribution in [0.25, 0.3) is 0 Å². The van der Waals surface area contributed by atoms with Gasteiger partial charge in [-0.1, -0.05) is 13.8 Å². The Hall–Kier alpha value is -1.38. The molecule has 0 aliphatic rings. The number of hydrogen-bond acceptors (Lipinski definition) is 3. The first-order valence-corrected chi connectivity index (χ1v) is 4.23. The van der Waals surface area contributed by atoms with Gasteiger partial charge in [-0.3, -0.25) is 0 Å². The molecule has 0 aromatic heterocycles. The Morgan fingerprint density at radius 1 is 1.38 bits per heavy atom. The molecule has 0 atom stereocenters. The van der Waals surface area contributed by atoms with E-state index in [9.17, 15) is 10.0 Å². The lowest BCUT2D eigenvalue weighted by Crippen LogP contribution is -1.92. The van der Waals surface area contributed by atoms with Gasteiger partial charge in [0.1, 0.15) is 11.4 Å². The Balaban J connectivity index is 3.38. The molecule has 0 saturated heterocycles. The van der Waals surface area contributed by atoms with Crippen LogP contribution in [0.4, 0.5) is 5.69 Å². The van der Waals surface area contributed by atoms with Crippen LogP contribution in [-0.4, -0.2) is 5.11 Å². The van der Waals surface area contributed by atoms with E-state index in [1.165, 1.54) is 12.1 Å². The molecule has 0 amide bonds. The number of nitrogens with zero attached hydrogens (tertiary/aromatic N) is 1. The molecule has 0 bridgehead atoms. The van der Waals surface area contributed by atoms with E-state index in [1.807, 2.05) is 13.8 Å². The van der Waals surface area contributed by atoms with E-state index in [-0.39, 0.29) is 11.7 Å². The van der Waals surface area contributed by atoms with E-state index in [0.29, 0.717) is 5.69 Å². The highest BCUT2D eigenvalue weighted by Gasteiger charge is 2.12. The molecule has 0 spiro atoms. The SMILES string of the molecule is Cc1c(N=O)ccc(O)c1C(C)C. The summed E-state index contributed by atoms with van der Waals surface area (Å²) in [6.45, 7) is 5.74. The van der Waals surface area contributed by atoms with Crippen LogP contribution in [0.1, 0.15) is 30.9 Å². The summed E-state index contributed by atoms with van der Waals surface area (Å²) in [6.07, 6.45) is 0. The molecule has 0 fully saturated rings. The van der Waals surface area contributed by atoms with Crippen LogP contribution in [0.2, 0.25) is 0 Å². The summed E-state index contributed by atoms with van der Waals surface area (Å²) in [6, 6.07) is 3.04. The first kappa shape index (κ1) is 9.71. The summed E-state index contributed by atoms with van der Waals surface area (Å²) in [5.41, 5.74) is 1.98. The fourth-order valence-corrected chi connectivity index (χ4v) is 1.53. The van der Waals surface area contributed by atoms with E-state index in [0.717, 1.165) is 11.1 Å². The summed E-state index contributed by atoms with van der Waals surface area (Å²) < 4.78 is 0. The summed E-state index contributed by atoms with van der Waals surface area (Å²) in [5.74, 6) is 0.432. The van der Waals surface area contributed by atoms with E-state index in [1.54, 1.807) is 6.92 Å². The minimum atomic E-state index is 0.196. The number of rotatable bonds is 2. The second-order valence-electron chi connectivity index (χ2n) is 3.39. The molecule has 3 heteroatoms. The topological polar surface area (TPSA) is 49.7 Å².